The quantitative estimate of drug-likeness (QED) is 0.839. The van der Waals surface area contributed by atoms with Crippen LogP contribution in [0, 0.1) is 0 Å². The number of hydrogen-bond donors (Lipinski definition) is 0. The number of benzene rings is 1. The van der Waals surface area contributed by atoms with E-state index >= 15 is 0 Å². The number of likely N-dealkylation sites (N-methyl/N-ethyl adjacent to an activating group) is 1. The van der Waals surface area contributed by atoms with Gasteiger partial charge in [0.2, 0.25) is 6.79 Å². The second kappa shape index (κ2) is 5.47. The molecule has 0 spiro atoms. The molecule has 0 bridgehead atoms. The number of carbonyl (C=O) groups excluding carboxylic acids is 1. The fourth-order valence-electron chi connectivity index (χ4n) is 4.12. The molecule has 118 valence electrons. The van der Waals surface area contributed by atoms with Crippen LogP contribution in [0.1, 0.15) is 36.0 Å². The summed E-state index contributed by atoms with van der Waals surface area (Å²) < 4.78 is 10.9. The van der Waals surface area contributed by atoms with E-state index in [-0.39, 0.29) is 12.7 Å². The molecule has 0 aliphatic carbocycles. The molecule has 1 aromatic rings. The first-order chi connectivity index (χ1) is 10.8. The highest BCUT2D eigenvalue weighted by atomic mass is 16.7. The van der Waals surface area contributed by atoms with Crippen LogP contribution in [0.3, 0.4) is 0 Å². The predicted octanol–water partition coefficient (Wildman–Crippen LogP) is 2.11. The maximum absolute atomic E-state index is 13.1. The lowest BCUT2D eigenvalue weighted by atomic mass is 10.0. The molecule has 0 radical (unpaired) electrons. The highest BCUT2D eigenvalue weighted by molar-refractivity contribution is 5.98. The molecule has 4 rings (SSSR count). The average molecular weight is 302 g/mol. The molecule has 1 amide bonds. The minimum Gasteiger partial charge on any atom is -0.454 e. The third kappa shape index (κ3) is 2.15. The summed E-state index contributed by atoms with van der Waals surface area (Å²) in [4.78, 5) is 17.5. The SMILES string of the molecule is CN1CCC[C@H]1[C@@H]1CCCN1C(=O)c1cccc2c1OCO2. The number of ether oxygens (including phenoxy) is 2. The van der Waals surface area contributed by atoms with Crippen molar-refractivity contribution in [2.75, 3.05) is 26.9 Å². The van der Waals surface area contributed by atoms with Crippen LogP contribution < -0.4 is 9.47 Å². The minimum absolute atomic E-state index is 0.0881. The van der Waals surface area contributed by atoms with E-state index in [0.717, 1.165) is 25.9 Å². The van der Waals surface area contributed by atoms with Crippen molar-refractivity contribution in [3.63, 3.8) is 0 Å². The summed E-state index contributed by atoms with van der Waals surface area (Å²) in [6.45, 7) is 2.19. The van der Waals surface area contributed by atoms with Gasteiger partial charge in [-0.1, -0.05) is 6.07 Å². The topological polar surface area (TPSA) is 42.0 Å². The van der Waals surface area contributed by atoms with E-state index in [1.165, 1.54) is 12.8 Å². The Kier molecular flexibility index (Phi) is 3.45. The first-order valence-corrected chi connectivity index (χ1v) is 8.15. The van der Waals surface area contributed by atoms with Crippen molar-refractivity contribution in [3.05, 3.63) is 23.8 Å². The van der Waals surface area contributed by atoms with Crippen LogP contribution in [0.15, 0.2) is 18.2 Å². The van der Waals surface area contributed by atoms with Crippen molar-refractivity contribution in [1.82, 2.24) is 9.80 Å². The molecular formula is C17H22N2O3. The molecule has 5 heteroatoms. The highest BCUT2D eigenvalue weighted by Crippen LogP contribution is 2.38. The van der Waals surface area contributed by atoms with Gasteiger partial charge >= 0.3 is 0 Å². The Balaban J connectivity index is 1.61. The molecule has 3 aliphatic heterocycles. The van der Waals surface area contributed by atoms with Crippen LogP contribution in [0.25, 0.3) is 0 Å². The number of rotatable bonds is 2. The number of amides is 1. The monoisotopic (exact) mass is 302 g/mol. The Morgan fingerprint density at radius 2 is 1.95 bits per heavy atom. The number of fused-ring (bicyclic) bond motifs is 1. The Hall–Kier alpha value is -1.75. The van der Waals surface area contributed by atoms with Gasteiger partial charge < -0.3 is 19.3 Å². The van der Waals surface area contributed by atoms with Crippen LogP contribution in [0.4, 0.5) is 0 Å². The molecular weight excluding hydrogens is 280 g/mol. The molecule has 0 N–H and O–H groups in total. The van der Waals surface area contributed by atoms with Crippen LogP contribution in [0.5, 0.6) is 11.5 Å². The summed E-state index contributed by atoms with van der Waals surface area (Å²) in [5, 5.41) is 0. The van der Waals surface area contributed by atoms with E-state index in [1.54, 1.807) is 0 Å². The van der Waals surface area contributed by atoms with Crippen molar-refractivity contribution in [2.45, 2.75) is 37.8 Å². The molecule has 1 aromatic carbocycles. The lowest BCUT2D eigenvalue weighted by molar-refractivity contribution is 0.0660. The summed E-state index contributed by atoms with van der Waals surface area (Å²) in [6.07, 6.45) is 4.62. The Morgan fingerprint density at radius 1 is 1.14 bits per heavy atom. The Bertz CT molecular complexity index is 589. The molecule has 0 unspecified atom stereocenters. The molecule has 3 aliphatic rings. The van der Waals surface area contributed by atoms with Gasteiger partial charge in [-0.3, -0.25) is 4.79 Å². The van der Waals surface area contributed by atoms with E-state index in [2.05, 4.69) is 16.8 Å². The van der Waals surface area contributed by atoms with Crippen molar-refractivity contribution < 1.29 is 14.3 Å². The molecule has 3 heterocycles. The minimum atomic E-state index is 0.0881. The number of nitrogens with zero attached hydrogens (tertiary/aromatic N) is 2. The summed E-state index contributed by atoms with van der Waals surface area (Å²) in [5.41, 5.74) is 0.641. The lowest BCUT2D eigenvalue weighted by Crippen LogP contribution is -2.47. The summed E-state index contributed by atoms with van der Waals surface area (Å²) >= 11 is 0. The number of carbonyl (C=O) groups is 1. The second-order valence-electron chi connectivity index (χ2n) is 6.44. The lowest BCUT2D eigenvalue weighted by Gasteiger charge is -2.33. The van der Waals surface area contributed by atoms with Gasteiger partial charge in [0.1, 0.15) is 0 Å². The van der Waals surface area contributed by atoms with Gasteiger partial charge in [0, 0.05) is 18.6 Å². The fourth-order valence-corrected chi connectivity index (χ4v) is 4.12. The zero-order valence-corrected chi connectivity index (χ0v) is 13.0. The van der Waals surface area contributed by atoms with E-state index in [4.69, 9.17) is 9.47 Å². The number of para-hydroxylation sites is 1. The summed E-state index contributed by atoms with van der Waals surface area (Å²) in [6, 6.07) is 6.40. The Morgan fingerprint density at radius 3 is 2.77 bits per heavy atom. The van der Waals surface area contributed by atoms with Gasteiger partial charge in [-0.05, 0) is 51.4 Å². The third-order valence-electron chi connectivity index (χ3n) is 5.21. The molecule has 2 atom stereocenters. The first kappa shape index (κ1) is 13.9. The molecule has 0 saturated carbocycles. The summed E-state index contributed by atoms with van der Waals surface area (Å²) in [7, 11) is 2.18. The Labute approximate surface area is 130 Å². The van der Waals surface area contributed by atoms with Crippen molar-refractivity contribution in [3.8, 4) is 11.5 Å². The molecule has 0 aromatic heterocycles. The van der Waals surface area contributed by atoms with Gasteiger partial charge in [0.05, 0.1) is 5.56 Å². The van der Waals surface area contributed by atoms with Crippen LogP contribution in [0.2, 0.25) is 0 Å². The molecule has 22 heavy (non-hydrogen) atoms. The first-order valence-electron chi connectivity index (χ1n) is 8.15. The standard InChI is InChI=1S/C17H22N2O3/c1-18-9-3-6-13(18)14-7-4-10-19(14)17(20)12-5-2-8-15-16(12)22-11-21-15/h2,5,8,13-14H,3-4,6-7,9-11H2,1H3/t13-,14-/m0/s1. The summed E-state index contributed by atoms with van der Waals surface area (Å²) in [5.74, 6) is 1.38. The van der Waals surface area contributed by atoms with E-state index < -0.39 is 0 Å². The van der Waals surface area contributed by atoms with Crippen molar-refractivity contribution in [1.29, 1.82) is 0 Å². The van der Waals surface area contributed by atoms with Gasteiger partial charge in [0.25, 0.3) is 5.91 Å². The predicted molar refractivity (Wildman–Crippen MR) is 82.3 cm³/mol. The maximum Gasteiger partial charge on any atom is 0.258 e. The highest BCUT2D eigenvalue weighted by Gasteiger charge is 2.39. The van der Waals surface area contributed by atoms with Crippen LogP contribution in [-0.4, -0.2) is 54.7 Å². The zero-order chi connectivity index (χ0) is 15.1. The molecule has 2 fully saturated rings. The second-order valence-corrected chi connectivity index (χ2v) is 6.44. The van der Waals surface area contributed by atoms with Crippen LogP contribution >= 0.6 is 0 Å². The number of likely N-dealkylation sites (tertiary alicyclic amines) is 2. The van der Waals surface area contributed by atoms with Gasteiger partial charge in [-0.2, -0.15) is 0 Å². The van der Waals surface area contributed by atoms with Gasteiger partial charge in [-0.15, -0.1) is 0 Å². The van der Waals surface area contributed by atoms with Crippen LogP contribution in [-0.2, 0) is 0 Å². The van der Waals surface area contributed by atoms with Crippen molar-refractivity contribution >= 4 is 5.91 Å². The smallest absolute Gasteiger partial charge is 0.258 e. The van der Waals surface area contributed by atoms with Gasteiger partial charge in [0.15, 0.2) is 11.5 Å². The number of hydrogen-bond acceptors (Lipinski definition) is 4. The largest absolute Gasteiger partial charge is 0.454 e. The maximum atomic E-state index is 13.1. The van der Waals surface area contributed by atoms with E-state index in [9.17, 15) is 4.79 Å². The van der Waals surface area contributed by atoms with Crippen molar-refractivity contribution in [2.24, 2.45) is 0 Å². The zero-order valence-electron chi connectivity index (χ0n) is 13.0. The molecule has 2 saturated heterocycles. The van der Waals surface area contributed by atoms with E-state index in [1.807, 2.05) is 18.2 Å². The average Bonchev–Trinajstić information content (AvgIpc) is 3.25. The molecule has 5 nitrogen and oxygen atoms in total. The third-order valence-corrected chi connectivity index (χ3v) is 5.21. The van der Waals surface area contributed by atoms with E-state index in [0.29, 0.717) is 29.1 Å². The normalized spacial score (nSPS) is 27.6. The fraction of sp³-hybridized carbons (Fsp3) is 0.588. The van der Waals surface area contributed by atoms with Gasteiger partial charge in [-0.25, -0.2) is 0 Å².